The van der Waals surface area contributed by atoms with Gasteiger partial charge in [-0.1, -0.05) is 6.92 Å². The number of carboxylic acids is 1. The van der Waals surface area contributed by atoms with Crippen LogP contribution in [0.25, 0.3) is 0 Å². The van der Waals surface area contributed by atoms with E-state index >= 15 is 0 Å². The summed E-state index contributed by atoms with van der Waals surface area (Å²) in [6.45, 7) is 3.67. The maximum Gasteiger partial charge on any atom is 0.320 e. The van der Waals surface area contributed by atoms with Gasteiger partial charge in [-0.15, -0.1) is 0 Å². The van der Waals surface area contributed by atoms with Crippen molar-refractivity contribution in [2.24, 2.45) is 16.1 Å². The molecule has 0 saturated carbocycles. The van der Waals surface area contributed by atoms with E-state index in [1.165, 1.54) is 0 Å². The minimum atomic E-state index is -0.962. The van der Waals surface area contributed by atoms with Crippen LogP contribution >= 0.6 is 0 Å². The molecule has 0 bridgehead atoms. The van der Waals surface area contributed by atoms with Crippen LogP contribution in [0.1, 0.15) is 26.2 Å². The molecule has 0 aromatic carbocycles. The van der Waals surface area contributed by atoms with Crippen molar-refractivity contribution in [3.63, 3.8) is 0 Å². The van der Waals surface area contributed by atoms with Gasteiger partial charge < -0.3 is 10.8 Å². The third-order valence-corrected chi connectivity index (χ3v) is 2.22. The molecule has 15 heavy (non-hydrogen) atoms. The number of carboxylic acid groups (broad SMARTS) is 1. The third kappa shape index (κ3) is 3.75. The highest BCUT2D eigenvalue weighted by atomic mass is 16.4. The van der Waals surface area contributed by atoms with Crippen LogP contribution in [-0.2, 0) is 4.79 Å². The van der Waals surface area contributed by atoms with E-state index < -0.39 is 12.0 Å². The first-order valence-electron chi connectivity index (χ1n) is 5.13. The third-order valence-electron chi connectivity index (χ3n) is 2.22. The number of hydrogen-bond donors (Lipinski definition) is 2. The normalized spacial score (nSPS) is 17.2. The molecule has 6 nitrogen and oxygen atoms in total. The van der Waals surface area contributed by atoms with Gasteiger partial charge in [0.15, 0.2) is 6.54 Å². The van der Waals surface area contributed by atoms with Crippen molar-refractivity contribution >= 4 is 11.7 Å². The summed E-state index contributed by atoms with van der Waals surface area (Å²) in [6.07, 6.45) is 2.06. The number of hydrogen-bond acceptors (Lipinski definition) is 4. The highest BCUT2D eigenvalue weighted by Crippen LogP contribution is 2.04. The van der Waals surface area contributed by atoms with E-state index in [9.17, 15) is 4.79 Å². The van der Waals surface area contributed by atoms with Crippen molar-refractivity contribution in [1.82, 2.24) is 0 Å². The smallest absolute Gasteiger partial charge is 0.320 e. The number of rotatable bonds is 6. The maximum atomic E-state index is 10.5. The fourth-order valence-corrected chi connectivity index (χ4v) is 1.36. The standard InChI is InChI=1S/C9H16N4O2/c1-2-5-13-6-7(11-12-13)3-4-8(10)9(14)15/h8H,2-6,10H2,1H3/p+1. The van der Waals surface area contributed by atoms with Gasteiger partial charge in [0.1, 0.15) is 17.8 Å². The summed E-state index contributed by atoms with van der Waals surface area (Å²) in [4.78, 5) is 10.5. The minimum absolute atomic E-state index is 0.420. The Bertz CT molecular complexity index is 298. The zero-order chi connectivity index (χ0) is 11.3. The average Bonchev–Trinajstić information content (AvgIpc) is 2.62. The molecule has 0 fully saturated rings. The van der Waals surface area contributed by atoms with Crippen LogP contribution in [0.3, 0.4) is 0 Å². The first-order valence-corrected chi connectivity index (χ1v) is 5.13. The fraction of sp³-hybridized carbons (Fsp3) is 0.778. The Morgan fingerprint density at radius 2 is 2.47 bits per heavy atom. The minimum Gasteiger partial charge on any atom is -0.480 e. The lowest BCUT2D eigenvalue weighted by Gasteiger charge is -2.02. The van der Waals surface area contributed by atoms with Gasteiger partial charge in [0.05, 0.1) is 5.10 Å². The summed E-state index contributed by atoms with van der Waals surface area (Å²) in [6, 6.07) is -0.798. The summed E-state index contributed by atoms with van der Waals surface area (Å²) in [5.41, 5.74) is 6.31. The van der Waals surface area contributed by atoms with Crippen LogP contribution in [0.4, 0.5) is 0 Å². The van der Waals surface area contributed by atoms with Crippen LogP contribution in [-0.4, -0.2) is 40.6 Å². The van der Waals surface area contributed by atoms with Gasteiger partial charge >= 0.3 is 5.97 Å². The lowest BCUT2D eigenvalue weighted by Crippen LogP contribution is -2.31. The predicted molar refractivity (Wildman–Crippen MR) is 55.0 cm³/mol. The summed E-state index contributed by atoms with van der Waals surface area (Å²) in [7, 11) is 0. The molecule has 0 aliphatic carbocycles. The van der Waals surface area contributed by atoms with Gasteiger partial charge in [-0.25, -0.2) is 0 Å². The molecular weight excluding hydrogens is 196 g/mol. The van der Waals surface area contributed by atoms with Crippen LogP contribution < -0.4 is 5.73 Å². The molecule has 0 spiro atoms. The van der Waals surface area contributed by atoms with Crippen molar-refractivity contribution in [3.8, 4) is 0 Å². The first kappa shape index (κ1) is 11.8. The number of nitrogens with zero attached hydrogens (tertiary/aromatic N) is 3. The molecule has 0 radical (unpaired) electrons. The molecule has 0 aromatic heterocycles. The first-order chi connectivity index (χ1) is 7.13. The Kier molecular flexibility index (Phi) is 4.36. The molecule has 6 heteroatoms. The Hall–Kier alpha value is -1.30. The molecule has 1 rings (SSSR count). The summed E-state index contributed by atoms with van der Waals surface area (Å²) < 4.78 is 1.88. The van der Waals surface area contributed by atoms with Gasteiger partial charge in [0.25, 0.3) is 0 Å². The molecule has 3 N–H and O–H groups in total. The number of nitrogens with two attached hydrogens (primary N) is 1. The second kappa shape index (κ2) is 5.55. The van der Waals surface area contributed by atoms with Crippen molar-refractivity contribution in [2.75, 3.05) is 13.1 Å². The molecule has 0 aromatic rings. The lowest BCUT2D eigenvalue weighted by molar-refractivity contribution is -0.576. The summed E-state index contributed by atoms with van der Waals surface area (Å²) in [5.74, 6) is -0.962. The van der Waals surface area contributed by atoms with Gasteiger partial charge in [-0.05, 0) is 12.8 Å². The second-order valence-corrected chi connectivity index (χ2v) is 3.63. The summed E-state index contributed by atoms with van der Waals surface area (Å²) >= 11 is 0. The molecule has 0 amide bonds. The Morgan fingerprint density at radius 3 is 3.07 bits per heavy atom. The Balaban J connectivity index is 2.24. The SMILES string of the molecule is CCC[N+]1=NN=C(CCC(N)C(=O)O)C1. The zero-order valence-electron chi connectivity index (χ0n) is 8.89. The average molecular weight is 213 g/mol. The molecule has 1 heterocycles. The van der Waals surface area contributed by atoms with E-state index in [4.69, 9.17) is 10.8 Å². The molecule has 1 aliphatic rings. The summed E-state index contributed by atoms with van der Waals surface area (Å²) in [5, 5.41) is 16.5. The van der Waals surface area contributed by atoms with E-state index in [2.05, 4.69) is 17.2 Å². The van der Waals surface area contributed by atoms with Gasteiger partial charge in [-0.3, -0.25) is 4.79 Å². The maximum absolute atomic E-state index is 10.5. The van der Waals surface area contributed by atoms with Crippen molar-refractivity contribution < 1.29 is 14.6 Å². The lowest BCUT2D eigenvalue weighted by atomic mass is 10.1. The van der Waals surface area contributed by atoms with Crippen molar-refractivity contribution in [3.05, 3.63) is 0 Å². The molecule has 1 atom stereocenters. The molecule has 0 saturated heterocycles. The van der Waals surface area contributed by atoms with Crippen molar-refractivity contribution in [1.29, 1.82) is 0 Å². The molecule has 84 valence electrons. The van der Waals surface area contributed by atoms with Crippen LogP contribution in [0.5, 0.6) is 0 Å². The molecular formula is C9H17N4O2+. The van der Waals surface area contributed by atoms with E-state index in [-0.39, 0.29) is 0 Å². The predicted octanol–water partition coefficient (Wildman–Crippen LogP) is 0.423. The monoisotopic (exact) mass is 213 g/mol. The number of aliphatic carboxylic acids is 1. The van der Waals surface area contributed by atoms with Gasteiger partial charge in [0.2, 0.25) is 5.71 Å². The topological polar surface area (TPSA) is 91.0 Å². The highest BCUT2D eigenvalue weighted by Gasteiger charge is 2.21. The Labute approximate surface area is 88.5 Å². The van der Waals surface area contributed by atoms with Crippen LogP contribution in [0, 0.1) is 0 Å². The highest BCUT2D eigenvalue weighted by molar-refractivity contribution is 5.86. The molecule has 1 aliphatic heterocycles. The van der Waals surface area contributed by atoms with Crippen molar-refractivity contribution in [2.45, 2.75) is 32.2 Å². The zero-order valence-corrected chi connectivity index (χ0v) is 8.89. The largest absolute Gasteiger partial charge is 0.480 e. The second-order valence-electron chi connectivity index (χ2n) is 3.63. The van der Waals surface area contributed by atoms with E-state index in [0.717, 1.165) is 18.7 Å². The van der Waals surface area contributed by atoms with Crippen LogP contribution in [0.15, 0.2) is 10.3 Å². The Morgan fingerprint density at radius 1 is 1.73 bits per heavy atom. The van der Waals surface area contributed by atoms with E-state index in [1.807, 2.05) is 4.70 Å². The van der Waals surface area contributed by atoms with Gasteiger partial charge in [-0.2, -0.15) is 4.70 Å². The van der Waals surface area contributed by atoms with E-state index in [0.29, 0.717) is 19.4 Å². The van der Waals surface area contributed by atoms with Gasteiger partial charge in [0, 0.05) is 6.42 Å². The molecule has 1 unspecified atom stereocenters. The quantitative estimate of drug-likeness (QED) is 0.626. The number of carbonyl (C=O) groups is 1. The van der Waals surface area contributed by atoms with E-state index in [1.54, 1.807) is 0 Å². The van der Waals surface area contributed by atoms with Crippen LogP contribution in [0.2, 0.25) is 0 Å². The fourth-order valence-electron chi connectivity index (χ4n) is 1.36.